The summed E-state index contributed by atoms with van der Waals surface area (Å²) in [6.45, 7) is 1.87. The Morgan fingerprint density at radius 2 is 1.21 bits per heavy atom. The van der Waals surface area contributed by atoms with E-state index in [0.29, 0.717) is 11.7 Å². The van der Waals surface area contributed by atoms with Crippen molar-refractivity contribution in [2.45, 2.75) is 29.9 Å². The van der Waals surface area contributed by atoms with Crippen molar-refractivity contribution in [2.75, 3.05) is 5.75 Å². The van der Waals surface area contributed by atoms with Crippen molar-refractivity contribution in [3.63, 3.8) is 0 Å². The molecule has 0 atom stereocenters. The number of rotatable bonds is 7. The molecule has 0 aromatic heterocycles. The van der Waals surface area contributed by atoms with Gasteiger partial charge in [-0.3, -0.25) is 9.26 Å². The Kier molecular flexibility index (Phi) is 11.3. The first-order valence-electron chi connectivity index (χ1n) is 9.26. The van der Waals surface area contributed by atoms with Crippen LogP contribution >= 0.6 is 11.8 Å². The molecule has 29 heavy (non-hydrogen) atoms. The molecule has 3 nitrogen and oxygen atoms in total. The average Bonchev–Trinajstić information content (AvgIpc) is 2.72. The molecule has 156 valence electrons. The van der Waals surface area contributed by atoms with E-state index in [2.05, 4.69) is 91.0 Å². The smallest absolute Gasteiger partial charge is 0.264 e. The van der Waals surface area contributed by atoms with Gasteiger partial charge in [-0.15, -0.1) is 11.8 Å². The first kappa shape index (κ1) is 24.9. The Balaban J connectivity index is 0.000000403. The Morgan fingerprint density at radius 1 is 0.793 bits per heavy atom. The van der Waals surface area contributed by atoms with Crippen LogP contribution in [0, 0.1) is 0 Å². The van der Waals surface area contributed by atoms with Crippen molar-refractivity contribution in [2.24, 2.45) is 0 Å². The second-order valence-electron chi connectivity index (χ2n) is 6.27. The lowest BCUT2D eigenvalue weighted by atomic mass is 10.0. The Hall–Kier alpha value is -2.15. The van der Waals surface area contributed by atoms with Gasteiger partial charge in [-0.05, 0) is 29.7 Å². The van der Waals surface area contributed by atoms with E-state index in [1.807, 2.05) is 18.7 Å². The van der Waals surface area contributed by atoms with Crippen molar-refractivity contribution >= 4 is 21.9 Å². The molecule has 0 amide bonds. The van der Waals surface area contributed by atoms with Crippen molar-refractivity contribution in [1.82, 2.24) is 0 Å². The Morgan fingerprint density at radius 3 is 1.55 bits per heavy atom. The van der Waals surface area contributed by atoms with Gasteiger partial charge in [0.2, 0.25) is 0 Å². The van der Waals surface area contributed by atoms with Gasteiger partial charge in [0.25, 0.3) is 10.1 Å². The summed E-state index contributed by atoms with van der Waals surface area (Å²) in [6, 6.07) is 32.0. The Labute approximate surface area is 177 Å². The number of hydrogen-bond acceptors (Lipinski definition) is 3. The third-order valence-electron chi connectivity index (χ3n) is 3.96. The predicted octanol–water partition coefficient (Wildman–Crippen LogP) is 6.40. The number of halogens is 1. The molecule has 0 aliphatic heterocycles. The molecule has 3 aromatic carbocycles. The summed E-state index contributed by atoms with van der Waals surface area (Å²) in [5, 5.41) is 0.333. The molecule has 0 radical (unpaired) electrons. The highest BCUT2D eigenvalue weighted by atomic mass is 32.2. The van der Waals surface area contributed by atoms with Gasteiger partial charge in [-0.25, -0.2) is 0 Å². The van der Waals surface area contributed by atoms with Gasteiger partial charge in [0, 0.05) is 4.90 Å². The van der Waals surface area contributed by atoms with Gasteiger partial charge in [0.1, 0.15) is 0 Å². The first-order valence-corrected chi connectivity index (χ1v) is 11.7. The molecule has 3 rings (SSSR count). The lowest BCUT2D eigenvalue weighted by Crippen LogP contribution is -2.02. The van der Waals surface area contributed by atoms with Crippen LogP contribution in [0.4, 0.5) is 4.70 Å². The minimum atomic E-state index is -3.69. The SMILES string of the molecule is CCCCS(=O)(=O)O.F.c1ccc(SC(c2ccccc2)c2ccccc2)cc1. The Bertz CT molecular complexity index is 863. The van der Waals surface area contributed by atoms with Gasteiger partial charge in [-0.1, -0.05) is 92.2 Å². The highest BCUT2D eigenvalue weighted by molar-refractivity contribution is 7.99. The molecular formula is C23H27FO3S2. The van der Waals surface area contributed by atoms with Crippen LogP contribution in [-0.2, 0) is 10.1 Å². The molecule has 1 N–H and O–H groups in total. The molecule has 0 aliphatic carbocycles. The molecule has 3 aromatic rings. The summed E-state index contributed by atoms with van der Waals surface area (Å²) in [4.78, 5) is 1.30. The molecular weight excluding hydrogens is 407 g/mol. The fourth-order valence-corrected chi connectivity index (χ4v) is 4.37. The van der Waals surface area contributed by atoms with Crippen molar-refractivity contribution in [3.8, 4) is 0 Å². The van der Waals surface area contributed by atoms with E-state index in [9.17, 15) is 8.42 Å². The zero-order chi connectivity index (χ0) is 20.2. The summed E-state index contributed by atoms with van der Waals surface area (Å²) >= 11 is 1.89. The summed E-state index contributed by atoms with van der Waals surface area (Å²) in [5.74, 6) is -0.108. The maximum absolute atomic E-state index is 9.95. The minimum absolute atomic E-state index is 0. The van der Waals surface area contributed by atoms with Gasteiger partial charge in [0.05, 0.1) is 11.0 Å². The van der Waals surface area contributed by atoms with Crippen LogP contribution in [0.25, 0.3) is 0 Å². The van der Waals surface area contributed by atoms with Gasteiger partial charge < -0.3 is 0 Å². The van der Waals surface area contributed by atoms with Crippen molar-refractivity contribution in [3.05, 3.63) is 102 Å². The van der Waals surface area contributed by atoms with Gasteiger partial charge in [0.15, 0.2) is 0 Å². The van der Waals surface area contributed by atoms with Crippen LogP contribution in [0.15, 0.2) is 95.9 Å². The molecule has 0 bridgehead atoms. The third-order valence-corrected chi connectivity index (χ3v) is 6.09. The fraction of sp³-hybridized carbons (Fsp3) is 0.217. The third kappa shape index (κ3) is 9.74. The fourth-order valence-electron chi connectivity index (χ4n) is 2.55. The average molecular weight is 435 g/mol. The maximum Gasteiger partial charge on any atom is 0.264 e. The lowest BCUT2D eigenvalue weighted by Gasteiger charge is -2.17. The van der Waals surface area contributed by atoms with E-state index in [0.717, 1.165) is 6.42 Å². The number of hydrogen-bond donors (Lipinski definition) is 1. The molecule has 6 heteroatoms. The van der Waals surface area contributed by atoms with E-state index in [4.69, 9.17) is 4.55 Å². The van der Waals surface area contributed by atoms with E-state index in [1.165, 1.54) is 16.0 Å². The molecule has 0 spiro atoms. The molecule has 0 aliphatic rings. The van der Waals surface area contributed by atoms with Crippen molar-refractivity contribution < 1.29 is 17.7 Å². The van der Waals surface area contributed by atoms with E-state index in [-0.39, 0.29) is 10.5 Å². The summed E-state index contributed by atoms with van der Waals surface area (Å²) in [7, 11) is -3.69. The second kappa shape index (κ2) is 13.1. The molecule has 0 heterocycles. The lowest BCUT2D eigenvalue weighted by molar-refractivity contribution is 0.480. The molecule has 0 fully saturated rings. The summed E-state index contributed by atoms with van der Waals surface area (Å²) in [5.41, 5.74) is 2.68. The van der Waals surface area contributed by atoms with Crippen LogP contribution in [0.3, 0.4) is 0 Å². The van der Waals surface area contributed by atoms with E-state index in [1.54, 1.807) is 0 Å². The second-order valence-corrected chi connectivity index (χ2v) is 9.02. The summed E-state index contributed by atoms with van der Waals surface area (Å²) in [6.07, 6.45) is 1.33. The van der Waals surface area contributed by atoms with Crippen molar-refractivity contribution in [1.29, 1.82) is 0 Å². The zero-order valence-electron chi connectivity index (χ0n) is 16.3. The number of unbranched alkanes of at least 4 members (excludes halogenated alkanes) is 1. The number of benzene rings is 3. The molecule has 0 saturated carbocycles. The summed E-state index contributed by atoms with van der Waals surface area (Å²) < 4.78 is 28.0. The normalized spacial score (nSPS) is 10.6. The monoisotopic (exact) mass is 434 g/mol. The van der Waals surface area contributed by atoms with Gasteiger partial charge >= 0.3 is 0 Å². The van der Waals surface area contributed by atoms with E-state index >= 15 is 0 Å². The maximum atomic E-state index is 9.95. The first-order chi connectivity index (χ1) is 13.5. The highest BCUT2D eigenvalue weighted by Crippen LogP contribution is 2.40. The largest absolute Gasteiger partial charge is 0.286 e. The van der Waals surface area contributed by atoms with E-state index < -0.39 is 10.1 Å². The highest BCUT2D eigenvalue weighted by Gasteiger charge is 2.14. The van der Waals surface area contributed by atoms with Gasteiger partial charge in [-0.2, -0.15) is 8.42 Å². The molecule has 0 saturated heterocycles. The minimum Gasteiger partial charge on any atom is -0.286 e. The predicted molar refractivity (Wildman–Crippen MR) is 121 cm³/mol. The zero-order valence-corrected chi connectivity index (χ0v) is 18.0. The topological polar surface area (TPSA) is 54.4 Å². The van der Waals surface area contributed by atoms with Crippen LogP contribution in [0.1, 0.15) is 36.1 Å². The van der Waals surface area contributed by atoms with Crippen LogP contribution < -0.4 is 0 Å². The number of thioether (sulfide) groups is 1. The molecule has 0 unspecified atom stereocenters. The van der Waals surface area contributed by atoms with Crippen LogP contribution in [0.2, 0.25) is 0 Å². The standard InChI is InChI=1S/C19H16S.C4H10O3S.FH/c1-4-10-16(11-5-1)19(17-12-6-2-7-13-17)20-18-14-8-3-9-15-18;1-2-3-4-8(5,6)7;/h1-15,19H;2-4H2,1H3,(H,5,6,7);1H. The quantitative estimate of drug-likeness (QED) is 0.345. The van der Waals surface area contributed by atoms with Crippen LogP contribution in [0.5, 0.6) is 0 Å². The van der Waals surface area contributed by atoms with Crippen LogP contribution in [-0.4, -0.2) is 18.7 Å².